The van der Waals surface area contributed by atoms with E-state index >= 15 is 0 Å². The minimum atomic E-state index is -3.47. The Bertz CT molecular complexity index is 1890. The van der Waals surface area contributed by atoms with Crippen molar-refractivity contribution in [2.75, 3.05) is 0 Å². The van der Waals surface area contributed by atoms with Crippen LogP contribution in [0.4, 0.5) is 5.82 Å². The third-order valence-electron chi connectivity index (χ3n) is 10.3. The molecule has 0 aromatic carbocycles. The van der Waals surface area contributed by atoms with Gasteiger partial charge in [0.25, 0.3) is 0 Å². The van der Waals surface area contributed by atoms with E-state index in [4.69, 9.17) is 28.5 Å². The molecule has 6 nitrogen and oxygen atoms in total. The van der Waals surface area contributed by atoms with Crippen molar-refractivity contribution in [1.29, 1.82) is 0 Å². The zero-order valence-corrected chi connectivity index (χ0v) is 33.3. The molecule has 6 heterocycles. The number of fused-ring (bicyclic) bond motifs is 2. The van der Waals surface area contributed by atoms with Gasteiger partial charge in [-0.15, -0.1) is 0 Å². The van der Waals surface area contributed by atoms with Gasteiger partial charge < -0.3 is 0 Å². The zero-order chi connectivity index (χ0) is 32.7. The second kappa shape index (κ2) is 14.0. The Balaban J connectivity index is 1.80. The first kappa shape index (κ1) is 33.5. The summed E-state index contributed by atoms with van der Waals surface area (Å²) in [6.07, 6.45) is 17.8. The summed E-state index contributed by atoms with van der Waals surface area (Å²) in [5.41, 5.74) is 14.6. The number of nitrogens with zero attached hydrogens (tertiary/aromatic N) is 6. The van der Waals surface area contributed by atoms with Crippen molar-refractivity contribution in [3.63, 3.8) is 0 Å². The quantitative estimate of drug-likeness (QED) is 0.209. The van der Waals surface area contributed by atoms with Gasteiger partial charge in [0.15, 0.2) is 0 Å². The Morgan fingerprint density at radius 3 is 1.89 bits per heavy atom. The topological polar surface area (TPSA) is 59.3 Å². The first-order valence-electron chi connectivity index (χ1n) is 17.8. The van der Waals surface area contributed by atoms with Crippen LogP contribution < -0.4 is 10.8 Å². The Labute approximate surface area is 287 Å². The van der Waals surface area contributed by atoms with Gasteiger partial charge in [0, 0.05) is 0 Å². The molecule has 46 heavy (non-hydrogen) atoms. The van der Waals surface area contributed by atoms with Crippen LogP contribution in [0.2, 0.25) is 0 Å². The van der Waals surface area contributed by atoms with E-state index in [9.17, 15) is 0 Å². The van der Waals surface area contributed by atoms with Gasteiger partial charge >= 0.3 is 289 Å². The average molecular weight is 741 g/mol. The van der Waals surface area contributed by atoms with Gasteiger partial charge in [-0.2, -0.15) is 0 Å². The maximum absolute atomic E-state index is 8.06. The van der Waals surface area contributed by atoms with E-state index in [1.165, 1.54) is 55.6 Å². The van der Waals surface area contributed by atoms with Crippen LogP contribution in [0.3, 0.4) is 0 Å². The van der Waals surface area contributed by atoms with Crippen molar-refractivity contribution in [2.45, 2.75) is 132 Å². The van der Waals surface area contributed by atoms with Crippen molar-refractivity contribution < 1.29 is 0 Å². The zero-order valence-electron chi connectivity index (χ0n) is 29.3. The number of aliphatic imine (C=N–C) groups is 3. The van der Waals surface area contributed by atoms with Crippen LogP contribution in [0.1, 0.15) is 134 Å². The molecule has 242 valence electrons. The van der Waals surface area contributed by atoms with E-state index in [0.29, 0.717) is 0 Å². The van der Waals surface area contributed by atoms with Gasteiger partial charge in [-0.1, -0.05) is 0 Å². The second-order valence-corrected chi connectivity index (χ2v) is 20.8. The molecule has 2 aromatic heterocycles. The van der Waals surface area contributed by atoms with E-state index in [2.05, 4.69) is 72.7 Å². The van der Waals surface area contributed by atoms with E-state index < -0.39 is 20.8 Å². The molecule has 0 radical (unpaired) electrons. The summed E-state index contributed by atoms with van der Waals surface area (Å²) in [5, 5.41) is 1.21. The number of unbranched alkanes of at least 4 members (excludes halogenated alkanes) is 4. The van der Waals surface area contributed by atoms with Crippen LogP contribution in [-0.2, 0) is 12.8 Å². The van der Waals surface area contributed by atoms with Crippen molar-refractivity contribution >= 4 is 64.8 Å². The van der Waals surface area contributed by atoms with Gasteiger partial charge in [0.1, 0.15) is 0 Å². The van der Waals surface area contributed by atoms with Crippen molar-refractivity contribution in [3.8, 4) is 0 Å². The minimum absolute atomic E-state index is 0.847. The molecule has 4 aliphatic heterocycles. The molecule has 8 heteroatoms. The third-order valence-corrected chi connectivity index (χ3v) is 18.4. The summed E-state index contributed by atoms with van der Waals surface area (Å²) < 4.78 is 4.96. The monoisotopic (exact) mass is 740 g/mol. The Kier molecular flexibility index (Phi) is 10.2. The molecule has 6 bridgehead atoms. The molecule has 0 unspecified atom stereocenters. The number of amidine groups is 2. The standard InChI is InChI=1S/C38H50N6.ClH.In/c1-9-13-17-27-23(5)35-39-31(27)21-32-28(18-14-10-2)24(6)37(40-32)44-38-26(8)30(20-16-12-4)34(42-38)22-33-29(19-15-11-3)25(7)36(41-33)43-35;;/h21-22H,9-20H2,1-8H3;1H;/q-2;;+3/p-1. The molecule has 4 aliphatic rings. The third kappa shape index (κ3) is 5.71. The molecular weight excluding hydrogens is 691 g/mol. The normalized spacial score (nSPS) is 16.8. The summed E-state index contributed by atoms with van der Waals surface area (Å²) in [6, 6.07) is 0. The first-order valence-corrected chi connectivity index (χ1v) is 24.9. The summed E-state index contributed by atoms with van der Waals surface area (Å²) >= 11 is -3.47. The second-order valence-electron chi connectivity index (χ2n) is 13.5. The fourth-order valence-corrected chi connectivity index (χ4v) is 16.0. The molecule has 6 rings (SSSR count). The predicted molar refractivity (Wildman–Crippen MR) is 198 cm³/mol. The van der Waals surface area contributed by atoms with Gasteiger partial charge in [-0.3, -0.25) is 0 Å². The summed E-state index contributed by atoms with van der Waals surface area (Å²) in [6.45, 7) is 18.0. The molecule has 2 aromatic rings. The Hall–Kier alpha value is -2.38. The van der Waals surface area contributed by atoms with Crippen LogP contribution >= 0.6 is 8.58 Å². The van der Waals surface area contributed by atoms with Crippen molar-refractivity contribution in [2.24, 2.45) is 20.0 Å². The average Bonchev–Trinajstić information content (AvgIpc) is 3.67. The molecule has 0 saturated heterocycles. The van der Waals surface area contributed by atoms with Gasteiger partial charge in [0.05, 0.1) is 0 Å². The molecule has 0 aliphatic carbocycles. The molecule has 0 atom stereocenters. The maximum atomic E-state index is 8.06. The fourth-order valence-electron chi connectivity index (χ4n) is 7.45. The fraction of sp³-hybridized carbons (Fsp3) is 0.526. The summed E-state index contributed by atoms with van der Waals surface area (Å²) in [7, 11) is 8.06. The van der Waals surface area contributed by atoms with Crippen molar-refractivity contribution in [3.05, 3.63) is 66.8 Å². The summed E-state index contributed by atoms with van der Waals surface area (Å²) in [4.78, 5) is 21.5. The molecule has 0 spiro atoms. The number of halogens is 1. The Morgan fingerprint density at radius 1 is 0.630 bits per heavy atom. The van der Waals surface area contributed by atoms with E-state index in [1.807, 2.05) is 0 Å². The SMILES string of the molecule is CCCCC1=C(C)C2=NC1=Cc1c(CCCC)c(C)c3[n]1[In]([Cl])[n]1c(c(CCCC)c(C)c1=N2)=CC1=NC(=N3)C(C)=C1CCCC. The molecule has 0 amide bonds. The van der Waals surface area contributed by atoms with E-state index in [-0.39, 0.29) is 0 Å². The number of allylic oxidation sites excluding steroid dienone is 2. The number of rotatable bonds is 12. The van der Waals surface area contributed by atoms with Crippen LogP contribution in [0.15, 0.2) is 48.0 Å². The van der Waals surface area contributed by atoms with Crippen LogP contribution in [0.5, 0.6) is 0 Å². The Morgan fingerprint density at radius 2 is 1.22 bits per heavy atom. The molecule has 0 saturated carbocycles. The first-order chi connectivity index (χ1) is 22.2. The van der Waals surface area contributed by atoms with Crippen LogP contribution in [0.25, 0.3) is 12.2 Å². The summed E-state index contributed by atoms with van der Waals surface area (Å²) in [5.74, 6) is 2.68. The van der Waals surface area contributed by atoms with Gasteiger partial charge in [0.2, 0.25) is 0 Å². The predicted octanol–water partition coefficient (Wildman–Crippen LogP) is 8.89. The molecule has 0 N–H and O–H groups in total. The van der Waals surface area contributed by atoms with Crippen LogP contribution in [-0.4, -0.2) is 43.3 Å². The number of hydrogen-bond acceptors (Lipinski definition) is 4. The number of aromatic nitrogens is 2. The molecule has 0 fully saturated rings. The number of hydrogen-bond donors (Lipinski definition) is 0. The van der Waals surface area contributed by atoms with E-state index in [0.717, 1.165) is 111 Å². The van der Waals surface area contributed by atoms with Gasteiger partial charge in [-0.05, 0) is 0 Å². The van der Waals surface area contributed by atoms with Crippen LogP contribution in [0, 0.1) is 13.8 Å². The van der Waals surface area contributed by atoms with E-state index in [1.54, 1.807) is 0 Å². The van der Waals surface area contributed by atoms with Gasteiger partial charge in [-0.25, -0.2) is 0 Å². The van der Waals surface area contributed by atoms with Crippen molar-refractivity contribution in [1.82, 2.24) is 5.11 Å². The molecular formula is C38H50ClInN6.